The summed E-state index contributed by atoms with van der Waals surface area (Å²) in [4.78, 5) is 12.4. The molecule has 28 heavy (non-hydrogen) atoms. The van der Waals surface area contributed by atoms with Crippen LogP contribution in [0.4, 0.5) is 19.0 Å². The second kappa shape index (κ2) is 8.12. The zero-order valence-electron chi connectivity index (χ0n) is 15.7. The van der Waals surface area contributed by atoms with Crippen molar-refractivity contribution in [2.45, 2.75) is 44.4 Å². The molecule has 1 amide bonds. The minimum atomic E-state index is -4.49. The smallest absolute Gasteiger partial charge is 0.410 e. The Hall–Kier alpha value is -2.71. The molecule has 1 aromatic heterocycles. The first kappa shape index (κ1) is 20.0. The molecule has 0 unspecified atom stereocenters. The van der Waals surface area contributed by atoms with E-state index in [4.69, 9.17) is 4.74 Å². The van der Waals surface area contributed by atoms with Gasteiger partial charge in [-0.1, -0.05) is 25.5 Å². The topological polar surface area (TPSA) is 68.2 Å². The van der Waals surface area contributed by atoms with Crippen molar-refractivity contribution in [1.29, 1.82) is 0 Å². The average Bonchev–Trinajstić information content (AvgIpc) is 3.10. The maximum atomic E-state index is 13.7. The molecule has 1 aliphatic heterocycles. The number of hydrogen-bond acceptors (Lipinski definition) is 4. The van der Waals surface area contributed by atoms with Crippen LogP contribution in [-0.2, 0) is 0 Å². The lowest BCUT2D eigenvalue weighted by molar-refractivity contribution is -0.173. The number of nitrogens with one attached hydrogen (secondary N) is 2. The fraction of sp³-hybridized carbons (Fsp3) is 0.474. The number of aromatic nitrogens is 2. The largest absolute Gasteiger partial charge is 0.497 e. The third-order valence-corrected chi connectivity index (χ3v) is 4.80. The number of anilines is 1. The summed E-state index contributed by atoms with van der Waals surface area (Å²) in [5.41, 5.74) is 0.761. The first-order chi connectivity index (χ1) is 13.3. The summed E-state index contributed by atoms with van der Waals surface area (Å²) in [6, 6.07) is 4.43. The highest BCUT2D eigenvalue weighted by Crippen LogP contribution is 2.44. The van der Waals surface area contributed by atoms with Crippen LogP contribution in [0, 0.1) is 0 Å². The van der Waals surface area contributed by atoms with Gasteiger partial charge in [0.25, 0.3) is 5.91 Å². The maximum Gasteiger partial charge on any atom is 0.410 e. The van der Waals surface area contributed by atoms with E-state index in [0.29, 0.717) is 17.9 Å². The highest BCUT2D eigenvalue weighted by atomic mass is 19.4. The number of halogens is 3. The Morgan fingerprint density at radius 3 is 2.89 bits per heavy atom. The molecule has 2 aromatic rings. The number of nitrogens with zero attached hydrogens (tertiary/aromatic N) is 2. The minimum Gasteiger partial charge on any atom is -0.497 e. The van der Waals surface area contributed by atoms with E-state index < -0.39 is 24.2 Å². The number of benzene rings is 1. The van der Waals surface area contributed by atoms with Crippen molar-refractivity contribution in [3.63, 3.8) is 0 Å². The zero-order chi connectivity index (χ0) is 20.3. The van der Waals surface area contributed by atoms with E-state index in [0.717, 1.165) is 17.5 Å². The van der Waals surface area contributed by atoms with Gasteiger partial charge in [0.2, 0.25) is 0 Å². The van der Waals surface area contributed by atoms with Gasteiger partial charge in [0.15, 0.2) is 6.04 Å². The van der Waals surface area contributed by atoms with Gasteiger partial charge in [0.05, 0.1) is 19.3 Å². The zero-order valence-corrected chi connectivity index (χ0v) is 15.7. The maximum absolute atomic E-state index is 13.7. The van der Waals surface area contributed by atoms with Crippen LogP contribution in [0.2, 0.25) is 0 Å². The van der Waals surface area contributed by atoms with Crippen LogP contribution in [0.5, 0.6) is 5.75 Å². The van der Waals surface area contributed by atoms with E-state index in [1.165, 1.54) is 13.3 Å². The van der Waals surface area contributed by atoms with Crippen molar-refractivity contribution in [3.8, 4) is 5.75 Å². The van der Waals surface area contributed by atoms with Gasteiger partial charge in [0.1, 0.15) is 17.1 Å². The summed E-state index contributed by atoms with van der Waals surface area (Å²) < 4.78 is 47.1. The summed E-state index contributed by atoms with van der Waals surface area (Å²) in [5, 5.41) is 9.66. The van der Waals surface area contributed by atoms with E-state index in [9.17, 15) is 18.0 Å². The number of carbonyl (C=O) groups is 1. The van der Waals surface area contributed by atoms with Gasteiger partial charge in [-0.2, -0.15) is 18.3 Å². The lowest BCUT2D eigenvalue weighted by Crippen LogP contribution is -2.36. The number of methoxy groups -OCH3 is 1. The lowest BCUT2D eigenvalue weighted by atomic mass is 9.96. The third kappa shape index (κ3) is 4.07. The van der Waals surface area contributed by atoms with E-state index in [1.807, 2.05) is 6.92 Å². The van der Waals surface area contributed by atoms with Crippen molar-refractivity contribution >= 4 is 11.7 Å². The van der Waals surface area contributed by atoms with Crippen LogP contribution < -0.4 is 15.4 Å². The van der Waals surface area contributed by atoms with Crippen LogP contribution in [-0.4, -0.2) is 35.5 Å². The number of rotatable bonds is 6. The summed E-state index contributed by atoms with van der Waals surface area (Å²) in [7, 11) is 1.50. The monoisotopic (exact) mass is 396 g/mol. The van der Waals surface area contributed by atoms with E-state index in [-0.39, 0.29) is 17.8 Å². The Morgan fingerprint density at radius 1 is 1.43 bits per heavy atom. The molecular formula is C19H23F3N4O2. The van der Waals surface area contributed by atoms with Crippen molar-refractivity contribution in [2.24, 2.45) is 0 Å². The molecule has 3 rings (SSSR count). The molecule has 0 saturated carbocycles. The SMILES string of the molecule is CCCCNC(=O)c1cnn2c1N[C@@H](c1cccc(OC)c1)C[C@H]2C(F)(F)F. The molecular weight excluding hydrogens is 373 g/mol. The molecule has 2 heterocycles. The summed E-state index contributed by atoms with van der Waals surface area (Å²) >= 11 is 0. The van der Waals surface area contributed by atoms with E-state index in [2.05, 4.69) is 15.7 Å². The van der Waals surface area contributed by atoms with E-state index in [1.54, 1.807) is 24.3 Å². The quantitative estimate of drug-likeness (QED) is 0.722. The predicted octanol–water partition coefficient (Wildman–Crippen LogP) is 4.08. The molecule has 0 fully saturated rings. The Kier molecular flexibility index (Phi) is 5.81. The highest BCUT2D eigenvalue weighted by Gasteiger charge is 2.47. The number of alkyl halides is 3. The van der Waals surface area contributed by atoms with Gasteiger partial charge >= 0.3 is 6.18 Å². The third-order valence-electron chi connectivity index (χ3n) is 4.80. The Balaban J connectivity index is 1.95. The molecule has 152 valence electrons. The summed E-state index contributed by atoms with van der Waals surface area (Å²) in [6.07, 6.45) is -1.84. The first-order valence-corrected chi connectivity index (χ1v) is 9.18. The number of carbonyl (C=O) groups excluding carboxylic acids is 1. The van der Waals surface area contributed by atoms with Gasteiger partial charge in [0, 0.05) is 13.0 Å². The Labute approximate surface area is 161 Å². The molecule has 2 N–H and O–H groups in total. The molecule has 6 nitrogen and oxygen atoms in total. The van der Waals surface area contributed by atoms with Gasteiger partial charge in [-0.05, 0) is 24.1 Å². The fourth-order valence-corrected chi connectivity index (χ4v) is 3.28. The Bertz CT molecular complexity index is 835. The van der Waals surface area contributed by atoms with Gasteiger partial charge in [-0.15, -0.1) is 0 Å². The number of hydrogen-bond donors (Lipinski definition) is 2. The summed E-state index contributed by atoms with van der Waals surface area (Å²) in [6.45, 7) is 2.45. The first-order valence-electron chi connectivity index (χ1n) is 9.18. The number of amides is 1. The number of unbranched alkanes of at least 4 members (excludes halogenated alkanes) is 1. The van der Waals surface area contributed by atoms with Crippen molar-refractivity contribution < 1.29 is 22.7 Å². The van der Waals surface area contributed by atoms with Crippen LogP contribution in [0.15, 0.2) is 30.5 Å². The van der Waals surface area contributed by atoms with Gasteiger partial charge in [-0.3, -0.25) is 4.79 Å². The Morgan fingerprint density at radius 2 is 2.21 bits per heavy atom. The van der Waals surface area contributed by atoms with Crippen molar-refractivity contribution in [2.75, 3.05) is 19.0 Å². The molecule has 2 atom stereocenters. The second-order valence-electron chi connectivity index (χ2n) is 6.73. The average molecular weight is 396 g/mol. The predicted molar refractivity (Wildman–Crippen MR) is 98.5 cm³/mol. The van der Waals surface area contributed by atoms with Crippen LogP contribution >= 0.6 is 0 Å². The second-order valence-corrected chi connectivity index (χ2v) is 6.73. The standard InChI is InChI=1S/C19H23F3N4O2/c1-3-4-8-23-18(27)14-11-24-26-16(19(20,21)22)10-15(25-17(14)26)12-6-5-7-13(9-12)28-2/h5-7,9,11,15-16,25H,3-4,8,10H2,1-2H3,(H,23,27)/t15-,16+/m1/s1. The summed E-state index contributed by atoms with van der Waals surface area (Å²) in [5.74, 6) is 0.198. The molecule has 0 saturated heterocycles. The van der Waals surface area contributed by atoms with Crippen LogP contribution in [0.1, 0.15) is 54.2 Å². The molecule has 0 spiro atoms. The van der Waals surface area contributed by atoms with Crippen molar-refractivity contribution in [3.05, 3.63) is 41.6 Å². The van der Waals surface area contributed by atoms with E-state index >= 15 is 0 Å². The number of ether oxygens (including phenoxy) is 1. The van der Waals surface area contributed by atoms with Gasteiger partial charge < -0.3 is 15.4 Å². The lowest BCUT2D eigenvalue weighted by Gasteiger charge is -2.34. The normalized spacial score (nSPS) is 18.9. The molecule has 1 aromatic carbocycles. The minimum absolute atomic E-state index is 0.0791. The van der Waals surface area contributed by atoms with Crippen LogP contribution in [0.3, 0.4) is 0 Å². The molecule has 0 aliphatic carbocycles. The molecule has 0 bridgehead atoms. The number of fused-ring (bicyclic) bond motifs is 1. The van der Waals surface area contributed by atoms with Gasteiger partial charge in [-0.25, -0.2) is 4.68 Å². The highest BCUT2D eigenvalue weighted by molar-refractivity contribution is 5.98. The molecule has 0 radical (unpaired) electrons. The molecule has 9 heteroatoms. The fourth-order valence-electron chi connectivity index (χ4n) is 3.28. The molecule has 1 aliphatic rings. The van der Waals surface area contributed by atoms with Crippen molar-refractivity contribution in [1.82, 2.24) is 15.1 Å². The van der Waals surface area contributed by atoms with Crippen LogP contribution in [0.25, 0.3) is 0 Å².